The number of hydrogen-bond donors (Lipinski definition) is 0. The largest absolute Gasteiger partial charge is 0.490 e. The highest BCUT2D eigenvalue weighted by Crippen LogP contribution is 2.53. The zero-order valence-corrected chi connectivity index (χ0v) is 47.4. The van der Waals surface area contributed by atoms with Crippen molar-refractivity contribution < 1.29 is 51.8 Å². The fraction of sp³-hybridized carbons (Fsp3) is 0.500. The van der Waals surface area contributed by atoms with Gasteiger partial charge in [0, 0.05) is 61.3 Å². The Hall–Kier alpha value is -5.28. The minimum Gasteiger partial charge on any atom is -0.490 e. The molecule has 7 heterocycles. The Bertz CT molecular complexity index is 3040. The molecule has 0 radical (unpaired) electrons. The van der Waals surface area contributed by atoms with Crippen molar-refractivity contribution in [2.45, 2.75) is 96.2 Å². The molecular formula is C58H67Cl2FN6O10S. The molecule has 5 aliphatic rings. The lowest BCUT2D eigenvalue weighted by Crippen LogP contribution is -2.49. The molecule has 2 saturated heterocycles. The number of halogens is 3. The quantitative estimate of drug-likeness (QED) is 0.0706. The minimum absolute atomic E-state index is 0.0247. The molecule has 0 amide bonds. The van der Waals surface area contributed by atoms with Gasteiger partial charge < -0.3 is 47.5 Å². The second kappa shape index (κ2) is 24.6. The molecule has 6 aromatic rings. The highest BCUT2D eigenvalue weighted by Gasteiger charge is 2.42. The molecule has 0 N–H and O–H groups in total. The fourth-order valence-corrected chi connectivity index (χ4v) is 11.9. The average molecular weight is 1130 g/mol. The van der Waals surface area contributed by atoms with E-state index in [-0.39, 0.29) is 42.9 Å². The van der Waals surface area contributed by atoms with Gasteiger partial charge in [0.1, 0.15) is 65.3 Å². The number of piperazine rings is 1. The maximum atomic E-state index is 14.7. The second-order valence-corrected chi connectivity index (χ2v) is 23.3. The summed E-state index contributed by atoms with van der Waals surface area (Å²) in [5.41, 5.74) is 3.48. The van der Waals surface area contributed by atoms with Gasteiger partial charge in [0.2, 0.25) is 12.0 Å². The average Bonchev–Trinajstić information content (AvgIpc) is 3.95. The molecule has 1 aliphatic carbocycles. The van der Waals surface area contributed by atoms with Gasteiger partial charge in [-0.1, -0.05) is 41.8 Å². The molecule has 4 aliphatic heterocycles. The first-order chi connectivity index (χ1) is 37.6. The Balaban J connectivity index is 1.01. The van der Waals surface area contributed by atoms with Crippen LogP contribution >= 0.6 is 34.5 Å². The summed E-state index contributed by atoms with van der Waals surface area (Å²) in [6, 6.07) is 13.6. The molecule has 4 bridgehead atoms. The molecule has 3 aromatic heterocycles. The molecular weight excluding hydrogens is 1060 g/mol. The van der Waals surface area contributed by atoms with Crippen LogP contribution in [-0.4, -0.2) is 152 Å². The number of carbonyl (C=O) groups is 1. The molecule has 0 spiro atoms. The van der Waals surface area contributed by atoms with E-state index >= 15 is 0 Å². The summed E-state index contributed by atoms with van der Waals surface area (Å²) in [6.45, 7) is 17.0. The van der Waals surface area contributed by atoms with Crippen molar-refractivity contribution in [3.8, 4) is 44.7 Å². The van der Waals surface area contributed by atoms with E-state index in [1.807, 2.05) is 38.1 Å². The number of esters is 1. The van der Waals surface area contributed by atoms with E-state index in [0.29, 0.717) is 130 Å². The summed E-state index contributed by atoms with van der Waals surface area (Å²) in [5, 5.41) is 1.14. The van der Waals surface area contributed by atoms with Crippen molar-refractivity contribution in [2.24, 2.45) is 0 Å². The summed E-state index contributed by atoms with van der Waals surface area (Å²) < 4.78 is 71.0. The van der Waals surface area contributed by atoms with E-state index in [1.54, 1.807) is 39.1 Å². The van der Waals surface area contributed by atoms with E-state index in [2.05, 4.69) is 16.8 Å². The third-order valence-electron chi connectivity index (χ3n) is 14.6. The lowest BCUT2D eigenvalue weighted by molar-refractivity contribution is -0.163. The molecule has 0 unspecified atom stereocenters. The summed E-state index contributed by atoms with van der Waals surface area (Å²) >= 11 is 16.2. The summed E-state index contributed by atoms with van der Waals surface area (Å²) in [7, 11) is 2.12. The predicted octanol–water partition coefficient (Wildman–Crippen LogP) is 10.0. The first-order valence-corrected chi connectivity index (χ1v) is 28.2. The molecule has 20 heteroatoms. The Morgan fingerprint density at radius 3 is 2.38 bits per heavy atom. The van der Waals surface area contributed by atoms with E-state index in [0.717, 1.165) is 55.9 Å². The highest BCUT2D eigenvalue weighted by atomic mass is 35.5. The number of fused-ring (bicyclic) bond motifs is 7. The number of rotatable bonds is 15. The number of likely N-dealkylation sites (N-methyl/N-ethyl adjacent to an activating group) is 1. The fourth-order valence-electron chi connectivity index (χ4n) is 10.2. The standard InChI is InChI=1S/C58H67Cl2FN6O10S/c1-35-46-36(2)50(60)51(49(35)59)75-42(28-67-20-18-66(6)19-21-67)32-73-41-12-13-44(74-29-40-14-17-62-56(65-40)58(15-7-16-58)33-71-23-22-69-30-43-31-70-24-25-72-43)38(26-41)27-45(55(68)77-57(3,4)5)76-53-48-47(46)52(78-54(48)64-34-63-53)37-8-10-39(61)11-9-37/h8-14,17,26,34,42-43,45H,7,15-16,18-25,27-33H2,1-6H3/t42-,43+,45-/m1/s1. The van der Waals surface area contributed by atoms with Crippen LogP contribution in [0, 0.1) is 19.7 Å². The van der Waals surface area contributed by atoms with E-state index in [1.165, 1.54) is 29.8 Å². The number of benzene rings is 3. The van der Waals surface area contributed by atoms with Gasteiger partial charge in [0.25, 0.3) is 0 Å². The van der Waals surface area contributed by atoms with Crippen molar-refractivity contribution in [1.29, 1.82) is 0 Å². The van der Waals surface area contributed by atoms with Crippen molar-refractivity contribution in [1.82, 2.24) is 29.7 Å². The first kappa shape index (κ1) is 56.0. The maximum absolute atomic E-state index is 14.7. The van der Waals surface area contributed by atoms with Crippen LogP contribution < -0.4 is 18.9 Å². The van der Waals surface area contributed by atoms with Gasteiger partial charge in [-0.25, -0.2) is 29.1 Å². The van der Waals surface area contributed by atoms with Crippen LogP contribution in [0.1, 0.15) is 68.2 Å². The Morgan fingerprint density at radius 1 is 0.897 bits per heavy atom. The molecule has 11 rings (SSSR count). The third kappa shape index (κ3) is 13.0. The highest BCUT2D eigenvalue weighted by molar-refractivity contribution is 7.22. The van der Waals surface area contributed by atoms with Crippen molar-refractivity contribution in [3.63, 3.8) is 0 Å². The van der Waals surface area contributed by atoms with Gasteiger partial charge in [-0.15, -0.1) is 11.3 Å². The van der Waals surface area contributed by atoms with Gasteiger partial charge in [-0.2, -0.15) is 0 Å². The number of thiophene rings is 1. The Morgan fingerprint density at radius 2 is 1.67 bits per heavy atom. The van der Waals surface area contributed by atoms with Crippen LogP contribution in [0.5, 0.6) is 23.1 Å². The van der Waals surface area contributed by atoms with Gasteiger partial charge in [0.15, 0.2) is 5.75 Å². The SMILES string of the molecule is Cc1c(Cl)c2c(Cl)c(C)c1-c1c(-c3ccc(F)cc3)sc3ncnc(c13)O[C@@H](C(=O)OC(C)(C)C)Cc1cc(ccc1OCc1ccnc(C3(COCCOC[C@H]4COCCO4)CCC3)n1)OC[C@@H](CN1CCN(C)CC1)O2. The monoisotopic (exact) mass is 1130 g/mol. The first-order valence-electron chi connectivity index (χ1n) is 26.7. The van der Waals surface area contributed by atoms with Crippen molar-refractivity contribution >= 4 is 50.7 Å². The zero-order chi connectivity index (χ0) is 54.6. The van der Waals surface area contributed by atoms with Crippen LogP contribution in [0.15, 0.2) is 61.1 Å². The normalized spacial score (nSPS) is 20.0. The van der Waals surface area contributed by atoms with Crippen LogP contribution in [0.3, 0.4) is 0 Å². The van der Waals surface area contributed by atoms with Crippen LogP contribution in [0.4, 0.5) is 4.39 Å². The van der Waals surface area contributed by atoms with Gasteiger partial charge in [-0.3, -0.25) is 4.90 Å². The lowest BCUT2D eigenvalue weighted by Gasteiger charge is -2.40. The molecule has 16 nitrogen and oxygen atoms in total. The molecule has 3 fully saturated rings. The molecule has 3 atom stereocenters. The minimum atomic E-state index is -1.27. The zero-order valence-electron chi connectivity index (χ0n) is 45.0. The predicted molar refractivity (Wildman–Crippen MR) is 296 cm³/mol. The molecule has 1 saturated carbocycles. The number of carbonyl (C=O) groups excluding carboxylic acids is 1. The van der Waals surface area contributed by atoms with Crippen LogP contribution in [0.2, 0.25) is 10.0 Å². The maximum Gasteiger partial charge on any atom is 0.348 e. The Labute approximate surface area is 468 Å². The summed E-state index contributed by atoms with van der Waals surface area (Å²) in [5.74, 6) is 1.12. The molecule has 416 valence electrons. The summed E-state index contributed by atoms with van der Waals surface area (Å²) in [6.07, 6.45) is 4.11. The van der Waals surface area contributed by atoms with Gasteiger partial charge >= 0.3 is 5.97 Å². The summed E-state index contributed by atoms with van der Waals surface area (Å²) in [4.78, 5) is 39.9. The van der Waals surface area contributed by atoms with E-state index in [9.17, 15) is 9.18 Å². The lowest BCUT2D eigenvalue weighted by atomic mass is 9.68. The topological polar surface area (TPSA) is 158 Å². The number of aromatic nitrogens is 4. The van der Waals surface area contributed by atoms with Gasteiger partial charge in [0.05, 0.1) is 72.8 Å². The molecule has 3 aromatic carbocycles. The number of ether oxygens (including phenoxy) is 9. The molecule has 78 heavy (non-hydrogen) atoms. The van der Waals surface area contributed by atoms with Crippen molar-refractivity contribution in [2.75, 3.05) is 92.6 Å². The van der Waals surface area contributed by atoms with Crippen molar-refractivity contribution in [3.05, 3.63) is 105 Å². The van der Waals surface area contributed by atoms with Crippen LogP contribution in [0.25, 0.3) is 31.8 Å². The second-order valence-electron chi connectivity index (χ2n) is 21.5. The number of hydrogen-bond acceptors (Lipinski definition) is 17. The van der Waals surface area contributed by atoms with Gasteiger partial charge in [-0.05, 0) is 113 Å². The third-order valence-corrected chi connectivity index (χ3v) is 16.6. The Kier molecular flexibility index (Phi) is 17.7. The van der Waals surface area contributed by atoms with E-state index in [4.69, 9.17) is 85.8 Å². The van der Waals surface area contributed by atoms with Crippen LogP contribution in [-0.2, 0) is 46.9 Å². The number of nitrogens with zero attached hydrogens (tertiary/aromatic N) is 6. The smallest absolute Gasteiger partial charge is 0.348 e. The van der Waals surface area contributed by atoms with E-state index < -0.39 is 23.8 Å².